The van der Waals surface area contributed by atoms with Gasteiger partial charge in [0, 0.05) is 11.6 Å². The molecule has 0 radical (unpaired) electrons. The zero-order valence-corrected chi connectivity index (χ0v) is 15.5. The molecule has 26 heavy (non-hydrogen) atoms. The molecule has 1 saturated heterocycles. The molecule has 0 aliphatic carbocycles. The highest BCUT2D eigenvalue weighted by atomic mass is 32.1. The van der Waals surface area contributed by atoms with Crippen molar-refractivity contribution in [1.82, 2.24) is 4.98 Å². The fraction of sp³-hybridized carbons (Fsp3) is 0.350. The maximum atomic E-state index is 11.0. The molecule has 3 heterocycles. The van der Waals surface area contributed by atoms with Crippen LogP contribution in [-0.2, 0) is 0 Å². The number of thiophene rings is 1. The maximum Gasteiger partial charge on any atom is 0.152 e. The lowest BCUT2D eigenvalue weighted by Crippen LogP contribution is -3.28. The second kappa shape index (κ2) is 7.72. The van der Waals surface area contributed by atoms with E-state index in [1.54, 1.807) is 17.5 Å². The zero-order valence-electron chi connectivity index (χ0n) is 14.7. The van der Waals surface area contributed by atoms with Crippen LogP contribution in [0.25, 0.3) is 10.9 Å². The molecule has 1 fully saturated rings. The summed E-state index contributed by atoms with van der Waals surface area (Å²) in [5.41, 5.74) is 1.63. The smallest absolute Gasteiger partial charge is 0.152 e. The molecular formula is C20H25N3O2S+2. The van der Waals surface area contributed by atoms with Gasteiger partial charge in [-0.05, 0) is 23.6 Å². The van der Waals surface area contributed by atoms with Crippen molar-refractivity contribution in [3.8, 4) is 5.75 Å². The van der Waals surface area contributed by atoms with E-state index < -0.39 is 0 Å². The Morgan fingerprint density at radius 2 is 1.92 bits per heavy atom. The number of phenols is 1. The monoisotopic (exact) mass is 371 g/mol. The number of aliphatic hydroxyl groups excluding tert-OH is 1. The highest BCUT2D eigenvalue weighted by Crippen LogP contribution is 2.34. The van der Waals surface area contributed by atoms with E-state index in [9.17, 15) is 10.2 Å². The number of benzene rings is 1. The molecule has 136 valence electrons. The summed E-state index contributed by atoms with van der Waals surface area (Å²) in [6.07, 6.45) is 1.73. The van der Waals surface area contributed by atoms with E-state index in [0.29, 0.717) is 11.3 Å². The molecule has 1 aliphatic heterocycles. The predicted octanol–water partition coefficient (Wildman–Crippen LogP) is -0.133. The van der Waals surface area contributed by atoms with E-state index >= 15 is 0 Å². The number of hydrogen-bond donors (Lipinski definition) is 4. The van der Waals surface area contributed by atoms with Gasteiger partial charge in [-0.15, -0.1) is 11.3 Å². The van der Waals surface area contributed by atoms with Gasteiger partial charge >= 0.3 is 0 Å². The number of rotatable bonds is 5. The van der Waals surface area contributed by atoms with Crippen molar-refractivity contribution in [3.63, 3.8) is 0 Å². The van der Waals surface area contributed by atoms with Crippen molar-refractivity contribution < 1.29 is 20.0 Å². The molecule has 0 amide bonds. The highest BCUT2D eigenvalue weighted by Gasteiger charge is 2.34. The van der Waals surface area contributed by atoms with Crippen LogP contribution in [0.15, 0.2) is 48.0 Å². The van der Waals surface area contributed by atoms with Gasteiger partial charge in [-0.2, -0.15) is 0 Å². The standard InChI is InChI=1S/C20H23N3O2S/c24-13-12-22-8-10-23(11-9-22)19(17-4-2-14-26-17)16-6-5-15-3-1-7-21-18(15)20(16)25/h1-7,14,19,24-25H,8-13H2/p+2. The predicted molar refractivity (Wildman–Crippen MR) is 103 cm³/mol. The molecule has 6 heteroatoms. The summed E-state index contributed by atoms with van der Waals surface area (Å²) in [4.78, 5) is 8.61. The number of hydrogen-bond acceptors (Lipinski definition) is 4. The first-order chi connectivity index (χ1) is 12.8. The summed E-state index contributed by atoms with van der Waals surface area (Å²) in [7, 11) is 0. The van der Waals surface area contributed by atoms with Gasteiger partial charge in [0.1, 0.15) is 38.2 Å². The van der Waals surface area contributed by atoms with Gasteiger partial charge in [0.05, 0.1) is 17.0 Å². The Bertz CT molecular complexity index is 861. The first-order valence-electron chi connectivity index (χ1n) is 9.17. The molecule has 4 rings (SSSR count). The fourth-order valence-corrected chi connectivity index (χ4v) is 4.93. The van der Waals surface area contributed by atoms with Gasteiger partial charge in [-0.3, -0.25) is 4.98 Å². The van der Waals surface area contributed by atoms with E-state index in [2.05, 4.69) is 34.6 Å². The van der Waals surface area contributed by atoms with Crippen LogP contribution in [-0.4, -0.2) is 54.5 Å². The number of phenolic OH excluding ortho intramolecular Hbond substituents is 1. The minimum Gasteiger partial charge on any atom is -0.505 e. The van der Waals surface area contributed by atoms with Crippen LogP contribution in [0, 0.1) is 0 Å². The van der Waals surface area contributed by atoms with Crippen molar-refractivity contribution in [2.75, 3.05) is 39.3 Å². The Kier molecular flexibility index (Phi) is 5.17. The molecule has 1 aromatic carbocycles. The number of fused-ring (bicyclic) bond motifs is 1. The molecular weight excluding hydrogens is 346 g/mol. The molecule has 4 N–H and O–H groups in total. The first-order valence-corrected chi connectivity index (χ1v) is 10.0. The minimum atomic E-state index is 0.122. The topological polar surface area (TPSA) is 62.2 Å². The molecule has 0 bridgehead atoms. The fourth-order valence-electron chi connectivity index (χ4n) is 4.03. The van der Waals surface area contributed by atoms with Crippen molar-refractivity contribution in [2.24, 2.45) is 0 Å². The third-order valence-electron chi connectivity index (χ3n) is 5.39. The van der Waals surface area contributed by atoms with Crippen LogP contribution in [0.5, 0.6) is 5.75 Å². The highest BCUT2D eigenvalue weighted by molar-refractivity contribution is 7.10. The zero-order chi connectivity index (χ0) is 17.9. The van der Waals surface area contributed by atoms with Crippen LogP contribution in [0.4, 0.5) is 0 Å². The van der Waals surface area contributed by atoms with Crippen LogP contribution < -0.4 is 9.80 Å². The number of aromatic hydroxyl groups is 1. The lowest BCUT2D eigenvalue weighted by molar-refractivity contribution is -1.02. The van der Waals surface area contributed by atoms with Crippen molar-refractivity contribution in [1.29, 1.82) is 0 Å². The van der Waals surface area contributed by atoms with E-state index in [1.807, 2.05) is 12.1 Å². The summed E-state index contributed by atoms with van der Waals surface area (Å²) in [6.45, 7) is 5.21. The Hall–Kier alpha value is -1.99. The Labute approximate surface area is 157 Å². The molecule has 2 aromatic heterocycles. The molecule has 3 aromatic rings. The normalized spacial score (nSPS) is 21.7. The summed E-state index contributed by atoms with van der Waals surface area (Å²) in [5.74, 6) is 0.305. The Balaban J connectivity index is 1.70. The summed E-state index contributed by atoms with van der Waals surface area (Å²) < 4.78 is 0. The third kappa shape index (κ3) is 3.33. The van der Waals surface area contributed by atoms with E-state index in [0.717, 1.165) is 43.7 Å². The summed E-state index contributed by atoms with van der Waals surface area (Å²) in [5, 5.41) is 23.2. The molecule has 1 unspecified atom stereocenters. The number of quaternary nitrogens is 2. The van der Waals surface area contributed by atoms with Gasteiger partial charge in [-0.1, -0.05) is 18.2 Å². The molecule has 1 atom stereocenters. The second-order valence-electron chi connectivity index (χ2n) is 6.91. The molecule has 0 spiro atoms. The van der Waals surface area contributed by atoms with Gasteiger partial charge in [0.2, 0.25) is 0 Å². The number of aliphatic hydroxyl groups is 1. The van der Waals surface area contributed by atoms with Gasteiger partial charge in [0.25, 0.3) is 0 Å². The molecule has 0 saturated carbocycles. The SMILES string of the molecule is OCC[NH+]1CC[NH+](C(c2cccs2)c2ccc3cccnc3c2O)CC1. The van der Waals surface area contributed by atoms with Crippen LogP contribution in [0.1, 0.15) is 16.5 Å². The van der Waals surface area contributed by atoms with Crippen molar-refractivity contribution in [3.05, 3.63) is 58.4 Å². The van der Waals surface area contributed by atoms with Crippen molar-refractivity contribution >= 4 is 22.2 Å². The van der Waals surface area contributed by atoms with Crippen molar-refractivity contribution in [2.45, 2.75) is 6.04 Å². The Morgan fingerprint density at radius 3 is 2.65 bits per heavy atom. The van der Waals surface area contributed by atoms with E-state index in [1.165, 1.54) is 14.7 Å². The van der Waals surface area contributed by atoms with Crippen LogP contribution >= 0.6 is 11.3 Å². The first kappa shape index (κ1) is 17.4. The average molecular weight is 372 g/mol. The van der Waals surface area contributed by atoms with Gasteiger partial charge in [-0.25, -0.2) is 0 Å². The molecule has 5 nitrogen and oxygen atoms in total. The van der Waals surface area contributed by atoms with Crippen LogP contribution in [0.3, 0.4) is 0 Å². The largest absolute Gasteiger partial charge is 0.505 e. The lowest BCUT2D eigenvalue weighted by atomic mass is 9.99. The number of piperazine rings is 1. The third-order valence-corrected chi connectivity index (χ3v) is 6.33. The summed E-state index contributed by atoms with van der Waals surface area (Å²) >= 11 is 1.75. The van der Waals surface area contributed by atoms with Gasteiger partial charge < -0.3 is 20.0 Å². The number of nitrogens with one attached hydrogen (secondary N) is 2. The minimum absolute atomic E-state index is 0.122. The lowest BCUT2D eigenvalue weighted by Gasteiger charge is -2.34. The average Bonchev–Trinajstić information content (AvgIpc) is 3.20. The number of pyridine rings is 1. The van der Waals surface area contributed by atoms with Crippen LogP contribution in [0.2, 0.25) is 0 Å². The summed E-state index contributed by atoms with van der Waals surface area (Å²) in [6, 6.07) is 12.4. The van der Waals surface area contributed by atoms with Gasteiger partial charge in [0.15, 0.2) is 11.8 Å². The Morgan fingerprint density at radius 1 is 1.08 bits per heavy atom. The molecule has 1 aliphatic rings. The number of nitrogens with zero attached hydrogens (tertiary/aromatic N) is 1. The maximum absolute atomic E-state index is 11.0. The van der Waals surface area contributed by atoms with E-state index in [-0.39, 0.29) is 12.6 Å². The van der Waals surface area contributed by atoms with E-state index in [4.69, 9.17) is 0 Å². The second-order valence-corrected chi connectivity index (χ2v) is 7.89. The quantitative estimate of drug-likeness (QED) is 0.505. The number of aromatic nitrogens is 1.